The van der Waals surface area contributed by atoms with Gasteiger partial charge in [-0.2, -0.15) is 0 Å². The van der Waals surface area contributed by atoms with Crippen molar-refractivity contribution >= 4 is 0 Å². The third-order valence-electron chi connectivity index (χ3n) is 2.76. The first-order chi connectivity index (χ1) is 7.46. The number of halogens is 1. The normalized spacial score (nSPS) is 13.8. The Hall–Kier alpha value is -0.930. The lowest BCUT2D eigenvalue weighted by molar-refractivity contribution is 0.0213. The Morgan fingerprint density at radius 2 is 2.00 bits per heavy atom. The first-order valence-corrected chi connectivity index (χ1v) is 5.49. The third-order valence-corrected chi connectivity index (χ3v) is 2.76. The molecule has 0 spiro atoms. The topological polar surface area (TPSA) is 21.3 Å². The van der Waals surface area contributed by atoms with Crippen LogP contribution in [-0.4, -0.2) is 19.3 Å². The SMILES string of the molecule is COC(C)(C)CNC(C)c1ccccc1F. The van der Waals surface area contributed by atoms with Crippen LogP contribution in [0.1, 0.15) is 32.4 Å². The molecule has 1 rings (SSSR count). The molecule has 16 heavy (non-hydrogen) atoms. The molecule has 1 aromatic rings. The Labute approximate surface area is 96.8 Å². The van der Waals surface area contributed by atoms with Crippen molar-refractivity contribution in [2.75, 3.05) is 13.7 Å². The molecular formula is C13H20FNO. The molecule has 1 atom stereocenters. The van der Waals surface area contributed by atoms with Crippen molar-refractivity contribution in [3.63, 3.8) is 0 Å². The van der Waals surface area contributed by atoms with Gasteiger partial charge in [0.2, 0.25) is 0 Å². The van der Waals surface area contributed by atoms with Gasteiger partial charge in [-0.1, -0.05) is 18.2 Å². The summed E-state index contributed by atoms with van der Waals surface area (Å²) in [6.45, 7) is 6.62. The van der Waals surface area contributed by atoms with E-state index in [1.807, 2.05) is 26.8 Å². The van der Waals surface area contributed by atoms with Crippen molar-refractivity contribution < 1.29 is 9.13 Å². The van der Waals surface area contributed by atoms with E-state index >= 15 is 0 Å². The van der Waals surface area contributed by atoms with E-state index in [4.69, 9.17) is 4.74 Å². The molecule has 0 saturated carbocycles. The van der Waals surface area contributed by atoms with Crippen LogP contribution in [0.5, 0.6) is 0 Å². The van der Waals surface area contributed by atoms with Gasteiger partial charge in [-0.05, 0) is 26.8 Å². The van der Waals surface area contributed by atoms with E-state index in [9.17, 15) is 4.39 Å². The lowest BCUT2D eigenvalue weighted by Gasteiger charge is -2.26. The molecule has 2 nitrogen and oxygen atoms in total. The van der Waals surface area contributed by atoms with Gasteiger partial charge in [0.05, 0.1) is 5.60 Å². The van der Waals surface area contributed by atoms with E-state index in [2.05, 4.69) is 5.32 Å². The summed E-state index contributed by atoms with van der Waals surface area (Å²) < 4.78 is 18.8. The quantitative estimate of drug-likeness (QED) is 0.832. The summed E-state index contributed by atoms with van der Waals surface area (Å²) in [5.74, 6) is -0.169. The summed E-state index contributed by atoms with van der Waals surface area (Å²) in [5, 5.41) is 3.27. The summed E-state index contributed by atoms with van der Waals surface area (Å²) >= 11 is 0. The van der Waals surface area contributed by atoms with Crippen molar-refractivity contribution in [1.29, 1.82) is 0 Å². The molecule has 0 amide bonds. The number of nitrogens with one attached hydrogen (secondary N) is 1. The molecule has 1 aromatic carbocycles. The average molecular weight is 225 g/mol. The molecule has 0 saturated heterocycles. The molecule has 0 bridgehead atoms. The standard InChI is InChI=1S/C13H20FNO/c1-10(15-9-13(2,3)16-4)11-7-5-6-8-12(11)14/h5-8,10,15H,9H2,1-4H3. The van der Waals surface area contributed by atoms with E-state index < -0.39 is 0 Å². The Bertz CT molecular complexity index is 338. The maximum absolute atomic E-state index is 13.5. The summed E-state index contributed by atoms with van der Waals surface area (Å²) in [4.78, 5) is 0. The zero-order chi connectivity index (χ0) is 12.2. The smallest absolute Gasteiger partial charge is 0.127 e. The number of hydrogen-bond acceptors (Lipinski definition) is 2. The van der Waals surface area contributed by atoms with Gasteiger partial charge in [0.1, 0.15) is 5.82 Å². The van der Waals surface area contributed by atoms with Crippen LogP contribution in [0.4, 0.5) is 4.39 Å². The number of methoxy groups -OCH3 is 1. The summed E-state index contributed by atoms with van der Waals surface area (Å²) in [5.41, 5.74) is 0.453. The molecule has 0 aliphatic carbocycles. The highest BCUT2D eigenvalue weighted by Gasteiger charge is 2.18. The Kier molecular flexibility index (Phi) is 4.44. The monoisotopic (exact) mass is 225 g/mol. The molecule has 1 unspecified atom stereocenters. The van der Waals surface area contributed by atoms with Gasteiger partial charge < -0.3 is 10.1 Å². The van der Waals surface area contributed by atoms with Crippen molar-refractivity contribution in [2.45, 2.75) is 32.4 Å². The summed E-state index contributed by atoms with van der Waals surface area (Å²) in [6.07, 6.45) is 0. The van der Waals surface area contributed by atoms with Gasteiger partial charge in [-0.3, -0.25) is 0 Å². The Morgan fingerprint density at radius 3 is 2.56 bits per heavy atom. The number of ether oxygens (including phenoxy) is 1. The van der Waals surface area contributed by atoms with Crippen molar-refractivity contribution in [1.82, 2.24) is 5.32 Å². The minimum absolute atomic E-state index is 0.0179. The number of rotatable bonds is 5. The Morgan fingerprint density at radius 1 is 1.38 bits per heavy atom. The predicted octanol–water partition coefficient (Wildman–Crippen LogP) is 2.90. The van der Waals surface area contributed by atoms with Gasteiger partial charge >= 0.3 is 0 Å². The van der Waals surface area contributed by atoms with E-state index in [0.717, 1.165) is 0 Å². The second-order valence-electron chi connectivity index (χ2n) is 4.59. The van der Waals surface area contributed by atoms with E-state index in [-0.39, 0.29) is 17.5 Å². The van der Waals surface area contributed by atoms with Gasteiger partial charge in [0.15, 0.2) is 0 Å². The van der Waals surface area contributed by atoms with Crippen molar-refractivity contribution in [3.8, 4) is 0 Å². The second kappa shape index (κ2) is 5.41. The van der Waals surface area contributed by atoms with Crippen LogP contribution in [0.3, 0.4) is 0 Å². The van der Waals surface area contributed by atoms with Gasteiger partial charge in [-0.25, -0.2) is 4.39 Å². The fourth-order valence-corrected chi connectivity index (χ4v) is 1.41. The number of benzene rings is 1. The highest BCUT2D eigenvalue weighted by molar-refractivity contribution is 5.20. The fourth-order valence-electron chi connectivity index (χ4n) is 1.41. The van der Waals surface area contributed by atoms with Crippen LogP contribution in [-0.2, 0) is 4.74 Å². The van der Waals surface area contributed by atoms with Gasteiger partial charge in [0.25, 0.3) is 0 Å². The molecule has 3 heteroatoms. The summed E-state index contributed by atoms with van der Waals surface area (Å²) in [6, 6.07) is 6.81. The fraction of sp³-hybridized carbons (Fsp3) is 0.538. The predicted molar refractivity (Wildman–Crippen MR) is 63.9 cm³/mol. The summed E-state index contributed by atoms with van der Waals surface area (Å²) in [7, 11) is 1.68. The van der Waals surface area contributed by atoms with E-state index in [0.29, 0.717) is 12.1 Å². The second-order valence-corrected chi connectivity index (χ2v) is 4.59. The van der Waals surface area contributed by atoms with Crippen LogP contribution < -0.4 is 5.32 Å². The van der Waals surface area contributed by atoms with Crippen molar-refractivity contribution in [2.24, 2.45) is 0 Å². The molecule has 0 radical (unpaired) electrons. The largest absolute Gasteiger partial charge is 0.377 e. The van der Waals surface area contributed by atoms with Crippen LogP contribution in [0, 0.1) is 5.82 Å². The zero-order valence-corrected chi connectivity index (χ0v) is 10.4. The van der Waals surface area contributed by atoms with Gasteiger partial charge in [0, 0.05) is 25.3 Å². The molecule has 0 aliphatic heterocycles. The average Bonchev–Trinajstić information content (AvgIpc) is 2.27. The van der Waals surface area contributed by atoms with E-state index in [1.54, 1.807) is 19.2 Å². The minimum atomic E-state index is -0.237. The lowest BCUT2D eigenvalue weighted by Crippen LogP contribution is -2.38. The van der Waals surface area contributed by atoms with Crippen LogP contribution >= 0.6 is 0 Å². The minimum Gasteiger partial charge on any atom is -0.377 e. The molecule has 90 valence electrons. The van der Waals surface area contributed by atoms with Crippen molar-refractivity contribution in [3.05, 3.63) is 35.6 Å². The highest BCUT2D eigenvalue weighted by atomic mass is 19.1. The zero-order valence-electron chi connectivity index (χ0n) is 10.4. The molecule has 0 heterocycles. The maximum Gasteiger partial charge on any atom is 0.127 e. The Balaban J connectivity index is 2.60. The highest BCUT2D eigenvalue weighted by Crippen LogP contribution is 2.17. The van der Waals surface area contributed by atoms with Gasteiger partial charge in [-0.15, -0.1) is 0 Å². The first kappa shape index (κ1) is 13.1. The third kappa shape index (κ3) is 3.58. The number of hydrogen-bond donors (Lipinski definition) is 1. The lowest BCUT2D eigenvalue weighted by atomic mass is 10.1. The molecule has 0 aliphatic rings. The van der Waals surface area contributed by atoms with Crippen LogP contribution in [0.25, 0.3) is 0 Å². The molecule has 0 aromatic heterocycles. The molecular weight excluding hydrogens is 205 g/mol. The van der Waals surface area contributed by atoms with Crippen LogP contribution in [0.2, 0.25) is 0 Å². The van der Waals surface area contributed by atoms with E-state index in [1.165, 1.54) is 6.07 Å². The molecule has 0 fully saturated rings. The maximum atomic E-state index is 13.5. The first-order valence-electron chi connectivity index (χ1n) is 5.49. The molecule has 1 N–H and O–H groups in total. The van der Waals surface area contributed by atoms with Crippen LogP contribution in [0.15, 0.2) is 24.3 Å².